The van der Waals surface area contributed by atoms with Crippen LogP contribution in [0.4, 0.5) is 0 Å². The van der Waals surface area contributed by atoms with Crippen LogP contribution in [0.5, 0.6) is 0 Å². The van der Waals surface area contributed by atoms with Gasteiger partial charge in [0.25, 0.3) is 0 Å². The standard InChI is InChI=1S/C14H17N3O2S/c1-2-19-14(18)12-13(11-7-4-8-20-11)17(16-15-12)9-10-5-3-6-10/h4,7-8,10H,2-3,5-6,9H2,1H3. The lowest BCUT2D eigenvalue weighted by molar-refractivity contribution is 0.0520. The van der Waals surface area contributed by atoms with Gasteiger partial charge in [-0.2, -0.15) is 0 Å². The van der Waals surface area contributed by atoms with Crippen LogP contribution < -0.4 is 0 Å². The Kier molecular flexibility index (Phi) is 3.82. The largest absolute Gasteiger partial charge is 0.461 e. The summed E-state index contributed by atoms with van der Waals surface area (Å²) in [4.78, 5) is 13.0. The van der Waals surface area contributed by atoms with Gasteiger partial charge in [-0.1, -0.05) is 17.7 Å². The zero-order chi connectivity index (χ0) is 13.9. The molecule has 0 bridgehead atoms. The Hall–Kier alpha value is -1.69. The van der Waals surface area contributed by atoms with E-state index in [1.807, 2.05) is 22.2 Å². The summed E-state index contributed by atoms with van der Waals surface area (Å²) in [7, 11) is 0. The topological polar surface area (TPSA) is 57.0 Å². The maximum atomic E-state index is 12.0. The van der Waals surface area contributed by atoms with E-state index in [1.165, 1.54) is 19.3 Å². The molecule has 0 amide bonds. The molecule has 0 unspecified atom stereocenters. The van der Waals surface area contributed by atoms with Crippen LogP contribution in [0.25, 0.3) is 10.6 Å². The Labute approximate surface area is 121 Å². The SMILES string of the molecule is CCOC(=O)c1nnn(CC2CCC2)c1-c1cccs1. The van der Waals surface area contributed by atoms with E-state index in [0.29, 0.717) is 18.2 Å². The minimum Gasteiger partial charge on any atom is -0.461 e. The zero-order valence-electron chi connectivity index (χ0n) is 11.4. The van der Waals surface area contributed by atoms with Crippen LogP contribution >= 0.6 is 11.3 Å². The van der Waals surface area contributed by atoms with E-state index >= 15 is 0 Å². The first-order valence-corrected chi connectivity index (χ1v) is 7.82. The highest BCUT2D eigenvalue weighted by atomic mass is 32.1. The highest BCUT2D eigenvalue weighted by Gasteiger charge is 2.26. The molecule has 0 radical (unpaired) electrons. The second kappa shape index (κ2) is 5.75. The van der Waals surface area contributed by atoms with Gasteiger partial charge in [0.15, 0.2) is 5.69 Å². The molecule has 2 aromatic heterocycles. The first-order valence-electron chi connectivity index (χ1n) is 6.94. The van der Waals surface area contributed by atoms with Crippen molar-refractivity contribution in [3.05, 3.63) is 23.2 Å². The molecular formula is C14H17N3O2S. The fourth-order valence-corrected chi connectivity index (χ4v) is 3.13. The number of hydrogen-bond acceptors (Lipinski definition) is 5. The molecule has 1 aliphatic rings. The predicted molar refractivity (Wildman–Crippen MR) is 76.6 cm³/mol. The van der Waals surface area contributed by atoms with Gasteiger partial charge in [-0.15, -0.1) is 16.4 Å². The van der Waals surface area contributed by atoms with Crippen molar-refractivity contribution in [2.24, 2.45) is 5.92 Å². The first kappa shape index (κ1) is 13.3. The summed E-state index contributed by atoms with van der Waals surface area (Å²) in [6.45, 7) is 2.97. The van der Waals surface area contributed by atoms with Crippen molar-refractivity contribution < 1.29 is 9.53 Å². The van der Waals surface area contributed by atoms with E-state index in [0.717, 1.165) is 17.1 Å². The number of rotatable bonds is 5. The van der Waals surface area contributed by atoms with Crippen LogP contribution in [0.15, 0.2) is 17.5 Å². The van der Waals surface area contributed by atoms with Crippen molar-refractivity contribution in [2.45, 2.75) is 32.7 Å². The lowest BCUT2D eigenvalue weighted by atomic mass is 9.85. The van der Waals surface area contributed by atoms with Crippen molar-refractivity contribution in [3.8, 4) is 10.6 Å². The fourth-order valence-electron chi connectivity index (χ4n) is 2.35. The Morgan fingerprint density at radius 1 is 1.55 bits per heavy atom. The number of thiophene rings is 1. The number of aromatic nitrogens is 3. The van der Waals surface area contributed by atoms with Crippen LogP contribution in [0.3, 0.4) is 0 Å². The highest BCUT2D eigenvalue weighted by Crippen LogP contribution is 2.32. The number of carbonyl (C=O) groups excluding carboxylic acids is 1. The lowest BCUT2D eigenvalue weighted by Gasteiger charge is -2.25. The molecule has 5 nitrogen and oxygen atoms in total. The van der Waals surface area contributed by atoms with Gasteiger partial charge in [-0.3, -0.25) is 0 Å². The average Bonchev–Trinajstić information content (AvgIpc) is 3.02. The molecule has 3 rings (SSSR count). The Bertz CT molecular complexity index is 588. The quantitative estimate of drug-likeness (QED) is 0.795. The monoisotopic (exact) mass is 291 g/mol. The molecule has 0 N–H and O–H groups in total. The summed E-state index contributed by atoms with van der Waals surface area (Å²) >= 11 is 1.59. The third-order valence-electron chi connectivity index (χ3n) is 3.61. The van der Waals surface area contributed by atoms with Crippen molar-refractivity contribution in [1.29, 1.82) is 0 Å². The average molecular weight is 291 g/mol. The highest BCUT2D eigenvalue weighted by molar-refractivity contribution is 7.13. The molecule has 0 atom stereocenters. The third kappa shape index (κ3) is 2.47. The molecule has 0 spiro atoms. The van der Waals surface area contributed by atoms with Crippen LogP contribution in [-0.4, -0.2) is 27.6 Å². The second-order valence-corrected chi connectivity index (χ2v) is 5.91. The van der Waals surface area contributed by atoms with Gasteiger partial charge in [0.1, 0.15) is 5.69 Å². The minimum absolute atomic E-state index is 0.327. The maximum absolute atomic E-state index is 12.0. The van der Waals surface area contributed by atoms with Crippen molar-refractivity contribution in [2.75, 3.05) is 6.61 Å². The van der Waals surface area contributed by atoms with Gasteiger partial charge in [-0.25, -0.2) is 9.48 Å². The van der Waals surface area contributed by atoms with Gasteiger partial charge in [-0.05, 0) is 37.1 Å². The van der Waals surface area contributed by atoms with E-state index in [2.05, 4.69) is 10.3 Å². The smallest absolute Gasteiger partial charge is 0.361 e. The van der Waals surface area contributed by atoms with E-state index in [-0.39, 0.29) is 0 Å². The number of ether oxygens (including phenoxy) is 1. The van der Waals surface area contributed by atoms with Crippen molar-refractivity contribution in [1.82, 2.24) is 15.0 Å². The van der Waals surface area contributed by atoms with Gasteiger partial charge in [0.05, 0.1) is 11.5 Å². The van der Waals surface area contributed by atoms with E-state index < -0.39 is 5.97 Å². The number of carbonyl (C=O) groups is 1. The lowest BCUT2D eigenvalue weighted by Crippen LogP contribution is -2.19. The molecular weight excluding hydrogens is 274 g/mol. The van der Waals surface area contributed by atoms with Crippen LogP contribution in [0, 0.1) is 5.92 Å². The van der Waals surface area contributed by atoms with Gasteiger partial charge in [0.2, 0.25) is 0 Å². The molecule has 0 aromatic carbocycles. The molecule has 0 saturated heterocycles. The minimum atomic E-state index is -0.393. The van der Waals surface area contributed by atoms with Crippen LogP contribution in [-0.2, 0) is 11.3 Å². The second-order valence-electron chi connectivity index (χ2n) is 4.96. The summed E-state index contributed by atoms with van der Waals surface area (Å²) in [5.41, 5.74) is 1.12. The maximum Gasteiger partial charge on any atom is 0.361 e. The predicted octanol–water partition coefficient (Wildman–Crippen LogP) is 2.98. The number of nitrogens with zero attached hydrogens (tertiary/aromatic N) is 3. The zero-order valence-corrected chi connectivity index (χ0v) is 12.2. The molecule has 20 heavy (non-hydrogen) atoms. The summed E-state index contributed by atoms with van der Waals surface area (Å²) in [5.74, 6) is 0.265. The summed E-state index contributed by atoms with van der Waals surface area (Å²) in [6.07, 6.45) is 3.76. The third-order valence-corrected chi connectivity index (χ3v) is 4.49. The van der Waals surface area contributed by atoms with Crippen LogP contribution in [0.1, 0.15) is 36.7 Å². The van der Waals surface area contributed by atoms with Gasteiger partial charge < -0.3 is 4.74 Å². The molecule has 1 saturated carbocycles. The first-order chi connectivity index (χ1) is 9.79. The molecule has 1 fully saturated rings. The Morgan fingerprint density at radius 3 is 3.00 bits per heavy atom. The van der Waals surface area contributed by atoms with E-state index in [4.69, 9.17) is 4.74 Å². The molecule has 6 heteroatoms. The summed E-state index contributed by atoms with van der Waals surface area (Å²) < 4.78 is 6.94. The molecule has 0 aliphatic heterocycles. The number of esters is 1. The molecule has 106 valence electrons. The molecule has 2 aromatic rings. The summed E-state index contributed by atoms with van der Waals surface area (Å²) in [5, 5.41) is 10.2. The van der Waals surface area contributed by atoms with Gasteiger partial charge >= 0.3 is 5.97 Å². The number of hydrogen-bond donors (Lipinski definition) is 0. The summed E-state index contributed by atoms with van der Waals surface area (Å²) in [6, 6.07) is 3.96. The van der Waals surface area contributed by atoms with Crippen molar-refractivity contribution in [3.63, 3.8) is 0 Å². The van der Waals surface area contributed by atoms with Gasteiger partial charge in [0, 0.05) is 6.54 Å². The normalized spacial score (nSPS) is 15.1. The van der Waals surface area contributed by atoms with E-state index in [9.17, 15) is 4.79 Å². The van der Waals surface area contributed by atoms with E-state index in [1.54, 1.807) is 18.3 Å². The molecule has 1 aliphatic carbocycles. The fraction of sp³-hybridized carbons (Fsp3) is 0.500. The Morgan fingerprint density at radius 2 is 2.40 bits per heavy atom. The Balaban J connectivity index is 1.95. The van der Waals surface area contributed by atoms with Crippen molar-refractivity contribution >= 4 is 17.3 Å². The van der Waals surface area contributed by atoms with Crippen LogP contribution in [0.2, 0.25) is 0 Å². The molecule has 2 heterocycles.